The summed E-state index contributed by atoms with van der Waals surface area (Å²) in [6.45, 7) is 4.24. The van der Waals surface area contributed by atoms with Crippen LogP contribution in [0.3, 0.4) is 0 Å². The maximum Gasteiger partial charge on any atom is 0.198 e. The topological polar surface area (TPSA) is 41.3 Å². The molecule has 1 saturated heterocycles. The zero-order chi connectivity index (χ0) is 13.4. The summed E-state index contributed by atoms with van der Waals surface area (Å²) in [4.78, 5) is 7.09. The van der Waals surface area contributed by atoms with Crippen molar-refractivity contribution < 1.29 is 4.42 Å². The molecule has 0 bridgehead atoms. The first-order valence-electron chi connectivity index (χ1n) is 7.76. The molecule has 0 unspecified atom stereocenters. The van der Waals surface area contributed by atoms with Gasteiger partial charge in [0.25, 0.3) is 0 Å². The third kappa shape index (κ3) is 2.18. The zero-order valence-corrected chi connectivity index (χ0v) is 11.8. The first kappa shape index (κ1) is 12.2. The maximum absolute atomic E-state index is 6.03. The van der Waals surface area contributed by atoms with Gasteiger partial charge in [0.1, 0.15) is 5.52 Å². The number of aromatic nitrogens is 1. The van der Waals surface area contributed by atoms with E-state index in [0.717, 1.165) is 43.2 Å². The van der Waals surface area contributed by atoms with Gasteiger partial charge in [-0.15, -0.1) is 0 Å². The fraction of sp³-hybridized carbons (Fsp3) is 0.562. The molecule has 4 heteroatoms. The molecule has 0 radical (unpaired) electrons. The summed E-state index contributed by atoms with van der Waals surface area (Å²) in [5, 5.41) is 3.39. The lowest BCUT2D eigenvalue weighted by atomic mass is 10.1. The quantitative estimate of drug-likeness (QED) is 0.912. The SMILES string of the molecule is c1cc2nc(C3CCCC3)oc2cc1N1CCNCC1. The molecule has 1 aliphatic heterocycles. The van der Waals surface area contributed by atoms with Crippen LogP contribution in [-0.2, 0) is 0 Å². The van der Waals surface area contributed by atoms with Crippen LogP contribution in [0.4, 0.5) is 5.69 Å². The van der Waals surface area contributed by atoms with Gasteiger partial charge in [-0.3, -0.25) is 0 Å². The Morgan fingerprint density at radius 1 is 1.15 bits per heavy atom. The lowest BCUT2D eigenvalue weighted by Gasteiger charge is -2.29. The van der Waals surface area contributed by atoms with Crippen LogP contribution in [-0.4, -0.2) is 31.2 Å². The number of hydrogen-bond donors (Lipinski definition) is 1. The predicted octanol–water partition coefficient (Wildman–Crippen LogP) is 2.90. The molecule has 0 spiro atoms. The van der Waals surface area contributed by atoms with Gasteiger partial charge in [0.2, 0.25) is 0 Å². The van der Waals surface area contributed by atoms with E-state index in [1.165, 1.54) is 31.4 Å². The molecular formula is C16H21N3O. The Morgan fingerprint density at radius 3 is 2.75 bits per heavy atom. The van der Waals surface area contributed by atoms with E-state index in [9.17, 15) is 0 Å². The second kappa shape index (κ2) is 5.09. The second-order valence-electron chi connectivity index (χ2n) is 5.92. The largest absolute Gasteiger partial charge is 0.440 e. The molecule has 2 heterocycles. The molecule has 0 atom stereocenters. The molecule has 4 nitrogen and oxygen atoms in total. The number of piperazine rings is 1. The average Bonchev–Trinajstić information content (AvgIpc) is 3.16. The van der Waals surface area contributed by atoms with Crippen molar-refractivity contribution in [2.45, 2.75) is 31.6 Å². The van der Waals surface area contributed by atoms with Crippen LogP contribution in [0.15, 0.2) is 22.6 Å². The Kier molecular flexibility index (Phi) is 3.11. The third-order valence-electron chi connectivity index (χ3n) is 4.58. The van der Waals surface area contributed by atoms with E-state index in [4.69, 9.17) is 4.42 Å². The first-order valence-corrected chi connectivity index (χ1v) is 7.76. The van der Waals surface area contributed by atoms with Crippen LogP contribution in [0.5, 0.6) is 0 Å². The van der Waals surface area contributed by atoms with Gasteiger partial charge in [0, 0.05) is 43.9 Å². The molecule has 1 N–H and O–H groups in total. The van der Waals surface area contributed by atoms with E-state index in [2.05, 4.69) is 33.4 Å². The summed E-state index contributed by atoms with van der Waals surface area (Å²) in [6, 6.07) is 6.44. The number of nitrogens with one attached hydrogen (secondary N) is 1. The summed E-state index contributed by atoms with van der Waals surface area (Å²) in [7, 11) is 0. The van der Waals surface area contributed by atoms with Crippen molar-refractivity contribution in [3.8, 4) is 0 Å². The molecule has 1 saturated carbocycles. The Bertz CT molecular complexity index is 595. The number of fused-ring (bicyclic) bond motifs is 1. The van der Waals surface area contributed by atoms with Gasteiger partial charge in [-0.1, -0.05) is 12.8 Å². The molecule has 1 aromatic carbocycles. The minimum atomic E-state index is 0.546. The van der Waals surface area contributed by atoms with Gasteiger partial charge in [-0.2, -0.15) is 0 Å². The lowest BCUT2D eigenvalue weighted by molar-refractivity contribution is 0.474. The average molecular weight is 271 g/mol. The fourth-order valence-corrected chi connectivity index (χ4v) is 3.40. The highest BCUT2D eigenvalue weighted by Gasteiger charge is 2.22. The van der Waals surface area contributed by atoms with Gasteiger partial charge < -0.3 is 14.6 Å². The van der Waals surface area contributed by atoms with E-state index in [1.807, 2.05) is 0 Å². The number of nitrogens with zero attached hydrogens (tertiary/aromatic N) is 2. The summed E-state index contributed by atoms with van der Waals surface area (Å²) in [6.07, 6.45) is 5.10. The van der Waals surface area contributed by atoms with Crippen molar-refractivity contribution in [2.75, 3.05) is 31.1 Å². The molecule has 0 amide bonds. The van der Waals surface area contributed by atoms with Gasteiger partial charge in [0.05, 0.1) is 0 Å². The van der Waals surface area contributed by atoms with Gasteiger partial charge in [-0.05, 0) is 25.0 Å². The Morgan fingerprint density at radius 2 is 1.95 bits per heavy atom. The second-order valence-corrected chi connectivity index (χ2v) is 5.92. The van der Waals surface area contributed by atoms with Crippen molar-refractivity contribution in [3.63, 3.8) is 0 Å². The highest BCUT2D eigenvalue weighted by Crippen LogP contribution is 2.35. The zero-order valence-electron chi connectivity index (χ0n) is 11.8. The smallest absolute Gasteiger partial charge is 0.198 e. The van der Waals surface area contributed by atoms with Crippen molar-refractivity contribution >= 4 is 16.8 Å². The third-order valence-corrected chi connectivity index (χ3v) is 4.58. The molecular weight excluding hydrogens is 250 g/mol. The van der Waals surface area contributed by atoms with E-state index in [-0.39, 0.29) is 0 Å². The van der Waals surface area contributed by atoms with Crippen LogP contribution in [0.2, 0.25) is 0 Å². The number of hydrogen-bond acceptors (Lipinski definition) is 4. The standard InChI is InChI=1S/C16H21N3O/c1-2-4-12(3-1)16-18-14-6-5-13(11-15(14)20-16)19-9-7-17-8-10-19/h5-6,11-12,17H,1-4,7-10H2. The van der Waals surface area contributed by atoms with Crippen LogP contribution in [0.1, 0.15) is 37.5 Å². The Balaban J connectivity index is 1.64. The van der Waals surface area contributed by atoms with Crippen LogP contribution in [0, 0.1) is 0 Å². The van der Waals surface area contributed by atoms with Crippen molar-refractivity contribution in [2.24, 2.45) is 0 Å². The van der Waals surface area contributed by atoms with Crippen molar-refractivity contribution in [1.82, 2.24) is 10.3 Å². The molecule has 4 rings (SSSR count). The van der Waals surface area contributed by atoms with Crippen LogP contribution in [0.25, 0.3) is 11.1 Å². The number of oxazole rings is 1. The van der Waals surface area contributed by atoms with Crippen LogP contribution < -0.4 is 10.2 Å². The highest BCUT2D eigenvalue weighted by atomic mass is 16.3. The van der Waals surface area contributed by atoms with E-state index in [0.29, 0.717) is 5.92 Å². The molecule has 1 aliphatic carbocycles. The van der Waals surface area contributed by atoms with Gasteiger partial charge in [0.15, 0.2) is 11.5 Å². The van der Waals surface area contributed by atoms with Gasteiger partial charge >= 0.3 is 0 Å². The summed E-state index contributed by atoms with van der Waals surface area (Å²) in [5.41, 5.74) is 3.21. The van der Waals surface area contributed by atoms with Crippen molar-refractivity contribution in [1.29, 1.82) is 0 Å². The Hall–Kier alpha value is -1.55. The maximum atomic E-state index is 6.03. The molecule has 20 heavy (non-hydrogen) atoms. The fourth-order valence-electron chi connectivity index (χ4n) is 3.40. The molecule has 1 aromatic heterocycles. The van der Waals surface area contributed by atoms with E-state index in [1.54, 1.807) is 0 Å². The summed E-state index contributed by atoms with van der Waals surface area (Å²) >= 11 is 0. The Labute approximate surface area is 119 Å². The normalized spacial score (nSPS) is 20.9. The number of benzene rings is 1. The molecule has 2 aliphatic rings. The molecule has 2 fully saturated rings. The summed E-state index contributed by atoms with van der Waals surface area (Å²) in [5.74, 6) is 1.50. The first-order chi connectivity index (χ1) is 9.90. The van der Waals surface area contributed by atoms with Crippen molar-refractivity contribution in [3.05, 3.63) is 24.1 Å². The monoisotopic (exact) mass is 271 g/mol. The minimum absolute atomic E-state index is 0.546. The number of rotatable bonds is 2. The number of anilines is 1. The molecule has 106 valence electrons. The highest BCUT2D eigenvalue weighted by molar-refractivity contribution is 5.77. The van der Waals surface area contributed by atoms with Gasteiger partial charge in [-0.25, -0.2) is 4.98 Å². The van der Waals surface area contributed by atoms with E-state index < -0.39 is 0 Å². The lowest BCUT2D eigenvalue weighted by Crippen LogP contribution is -2.43. The minimum Gasteiger partial charge on any atom is -0.440 e. The van der Waals surface area contributed by atoms with E-state index >= 15 is 0 Å². The summed E-state index contributed by atoms with van der Waals surface area (Å²) < 4.78 is 6.03. The van der Waals surface area contributed by atoms with Crippen LogP contribution >= 0.6 is 0 Å². The predicted molar refractivity (Wildman–Crippen MR) is 80.3 cm³/mol. The molecule has 2 aromatic rings.